The highest BCUT2D eigenvalue weighted by molar-refractivity contribution is 8.00. The van der Waals surface area contributed by atoms with E-state index in [0.717, 1.165) is 16.3 Å². The van der Waals surface area contributed by atoms with Crippen LogP contribution in [0.5, 0.6) is 11.5 Å². The first-order chi connectivity index (χ1) is 18.1. The first-order valence-electron chi connectivity index (χ1n) is 11.7. The summed E-state index contributed by atoms with van der Waals surface area (Å²) in [4.78, 5) is 28.4. The van der Waals surface area contributed by atoms with Crippen molar-refractivity contribution < 1.29 is 32.6 Å². The van der Waals surface area contributed by atoms with Crippen molar-refractivity contribution in [2.24, 2.45) is 5.92 Å². The number of aromatic nitrogens is 2. The minimum absolute atomic E-state index is 0.0102. The van der Waals surface area contributed by atoms with E-state index in [0.29, 0.717) is 5.75 Å². The lowest BCUT2D eigenvalue weighted by molar-refractivity contribution is -0.137. The molecule has 0 aliphatic carbocycles. The highest BCUT2D eigenvalue weighted by Crippen LogP contribution is 2.52. The maximum atomic E-state index is 15.0. The van der Waals surface area contributed by atoms with Gasteiger partial charge in [-0.3, -0.25) is 13.9 Å². The molecule has 0 radical (unpaired) electrons. The summed E-state index contributed by atoms with van der Waals surface area (Å²) in [7, 11) is -4.01. The van der Waals surface area contributed by atoms with Crippen LogP contribution >= 0.6 is 19.4 Å². The molecule has 10 nitrogen and oxygen atoms in total. The van der Waals surface area contributed by atoms with Gasteiger partial charge in [-0.25, -0.2) is 13.8 Å². The Kier molecular flexibility index (Phi) is 8.88. The number of halogens is 1. The van der Waals surface area contributed by atoms with Crippen LogP contribution in [0.2, 0.25) is 0 Å². The molecule has 2 heterocycles. The van der Waals surface area contributed by atoms with E-state index in [-0.39, 0.29) is 24.3 Å². The van der Waals surface area contributed by atoms with Crippen LogP contribution in [0, 0.1) is 5.92 Å². The van der Waals surface area contributed by atoms with Crippen molar-refractivity contribution in [3.05, 3.63) is 83.4 Å². The molecule has 202 valence electrons. The van der Waals surface area contributed by atoms with Crippen molar-refractivity contribution in [2.75, 3.05) is 18.5 Å². The van der Waals surface area contributed by atoms with E-state index < -0.39 is 48.1 Å². The lowest BCUT2D eigenvalue weighted by atomic mass is 10.1. The maximum Gasteiger partial charge on any atom is 0.380 e. The molecular formula is C25H27FN3O7PS. The van der Waals surface area contributed by atoms with Crippen molar-refractivity contribution in [3.63, 3.8) is 0 Å². The molecule has 1 unspecified atom stereocenters. The van der Waals surface area contributed by atoms with Gasteiger partial charge in [-0.05, 0) is 30.3 Å². The molecule has 0 saturated carbocycles. The summed E-state index contributed by atoms with van der Waals surface area (Å²) in [6.45, 7) is 1.16. The number of nitrogens with two attached hydrogens (primary N) is 1. The number of anilines is 1. The number of nitrogens with zero attached hydrogens (tertiary/aromatic N) is 2. The lowest BCUT2D eigenvalue weighted by Gasteiger charge is -2.24. The number of benzene rings is 2. The van der Waals surface area contributed by atoms with E-state index in [4.69, 9.17) is 19.5 Å². The normalized spacial score (nSPS) is 23.3. The van der Waals surface area contributed by atoms with Gasteiger partial charge in [0.15, 0.2) is 6.17 Å². The smallest absolute Gasteiger partial charge is 0.380 e. The highest BCUT2D eigenvalue weighted by Gasteiger charge is 2.46. The van der Waals surface area contributed by atoms with Gasteiger partial charge in [-0.15, -0.1) is 11.8 Å². The van der Waals surface area contributed by atoms with Crippen LogP contribution in [-0.4, -0.2) is 50.9 Å². The molecule has 2 aromatic carbocycles. The number of rotatable bonds is 10. The number of ether oxygens (including phenoxy) is 1. The van der Waals surface area contributed by atoms with Gasteiger partial charge < -0.3 is 20.1 Å². The summed E-state index contributed by atoms with van der Waals surface area (Å²) < 4.78 is 46.6. The molecule has 1 aliphatic heterocycles. The molecule has 4 rings (SSSR count). The molecule has 38 heavy (non-hydrogen) atoms. The van der Waals surface area contributed by atoms with Crippen LogP contribution in [0.4, 0.5) is 10.2 Å². The van der Waals surface area contributed by atoms with Crippen LogP contribution in [0.3, 0.4) is 0 Å². The fourth-order valence-corrected chi connectivity index (χ4v) is 7.15. The Morgan fingerprint density at radius 3 is 2.42 bits per heavy atom. The molecule has 1 fully saturated rings. The summed E-state index contributed by atoms with van der Waals surface area (Å²) in [6.07, 6.45) is -2.38. The van der Waals surface area contributed by atoms with E-state index >= 15 is 0 Å². The number of esters is 1. The van der Waals surface area contributed by atoms with Gasteiger partial charge in [0.05, 0.1) is 23.9 Å². The zero-order valence-corrected chi connectivity index (χ0v) is 22.0. The first kappa shape index (κ1) is 27.8. The van der Waals surface area contributed by atoms with Gasteiger partial charge in [0.1, 0.15) is 28.8 Å². The van der Waals surface area contributed by atoms with Gasteiger partial charge in [-0.1, -0.05) is 43.3 Å². The Labute approximate surface area is 222 Å². The SMILES string of the molecule is C[C@H](CP(=O)(OC[C@H]1S[C@@H](n2ccc(N)nc2=O)[C@@H](F)[C@@H]1O)Oc1ccccc1)C(=O)Oc1ccccc1. The fraction of sp³-hybridized carbons (Fsp3) is 0.320. The van der Waals surface area contributed by atoms with Crippen LogP contribution in [0.1, 0.15) is 12.3 Å². The number of nitrogen functional groups attached to an aromatic ring is 1. The van der Waals surface area contributed by atoms with Crippen molar-refractivity contribution >= 4 is 31.1 Å². The maximum absolute atomic E-state index is 15.0. The van der Waals surface area contributed by atoms with Gasteiger partial charge in [0.25, 0.3) is 0 Å². The zero-order valence-electron chi connectivity index (χ0n) is 20.3. The third-order valence-corrected chi connectivity index (χ3v) is 9.26. The molecule has 1 saturated heterocycles. The summed E-state index contributed by atoms with van der Waals surface area (Å²) in [6, 6.07) is 18.1. The summed E-state index contributed by atoms with van der Waals surface area (Å²) in [5.41, 5.74) is 4.74. The minimum Gasteiger partial charge on any atom is -0.426 e. The molecule has 13 heteroatoms. The predicted octanol–water partition coefficient (Wildman–Crippen LogP) is 3.67. The summed E-state index contributed by atoms with van der Waals surface area (Å²) in [5.74, 6) is -0.941. The van der Waals surface area contributed by atoms with E-state index in [1.165, 1.54) is 19.2 Å². The standard InChI is InChI=1S/C25H27FN3O7PS/c1-16(24(31)35-17-8-4-2-5-9-17)15-37(33,36-18-10-6-3-7-11-18)34-14-19-22(30)21(26)23(38-19)29-13-12-20(27)28-25(29)32/h2-13,16,19,21-23,30H,14-15H2,1H3,(H2,27,28,32)/t16-,19-,21+,22-,23-,37?/m1/s1. The molecular weight excluding hydrogens is 536 g/mol. The number of thioether (sulfide) groups is 1. The number of alkyl halides is 1. The lowest BCUT2D eigenvalue weighted by Crippen LogP contribution is -2.33. The third-order valence-electron chi connectivity index (χ3n) is 5.70. The van der Waals surface area contributed by atoms with Gasteiger partial charge in [0, 0.05) is 6.20 Å². The van der Waals surface area contributed by atoms with Crippen LogP contribution in [-0.2, 0) is 13.9 Å². The Hall–Kier alpha value is -3.18. The summed E-state index contributed by atoms with van der Waals surface area (Å²) in [5, 5.41) is 8.54. The monoisotopic (exact) mass is 563 g/mol. The van der Waals surface area contributed by atoms with E-state index in [1.54, 1.807) is 60.7 Å². The van der Waals surface area contributed by atoms with Crippen molar-refractivity contribution in [1.29, 1.82) is 0 Å². The van der Waals surface area contributed by atoms with Crippen LogP contribution < -0.4 is 20.7 Å². The average Bonchev–Trinajstić information content (AvgIpc) is 3.17. The number of para-hydroxylation sites is 2. The van der Waals surface area contributed by atoms with Gasteiger partial charge in [0.2, 0.25) is 0 Å². The average molecular weight is 564 g/mol. The van der Waals surface area contributed by atoms with Crippen molar-refractivity contribution in [2.45, 2.75) is 29.8 Å². The second-order valence-electron chi connectivity index (χ2n) is 8.67. The highest BCUT2D eigenvalue weighted by atomic mass is 32.2. The molecule has 0 spiro atoms. The number of carbonyl (C=O) groups is 1. The quantitative estimate of drug-likeness (QED) is 0.213. The molecule has 0 bridgehead atoms. The topological polar surface area (TPSA) is 143 Å². The summed E-state index contributed by atoms with van der Waals surface area (Å²) >= 11 is 0.938. The second-order valence-corrected chi connectivity index (χ2v) is 12.1. The van der Waals surface area contributed by atoms with E-state index in [9.17, 15) is 23.7 Å². The molecule has 3 N–H and O–H groups in total. The number of aliphatic hydroxyl groups is 1. The Bertz CT molecular complexity index is 1350. The Morgan fingerprint density at radius 1 is 1.16 bits per heavy atom. The van der Waals surface area contributed by atoms with Crippen LogP contribution in [0.15, 0.2) is 77.7 Å². The van der Waals surface area contributed by atoms with Gasteiger partial charge >= 0.3 is 19.3 Å². The van der Waals surface area contributed by atoms with Gasteiger partial charge in [-0.2, -0.15) is 4.98 Å². The molecule has 6 atom stereocenters. The molecule has 3 aromatic rings. The molecule has 0 amide bonds. The van der Waals surface area contributed by atoms with Crippen LogP contribution in [0.25, 0.3) is 0 Å². The second kappa shape index (κ2) is 12.1. The molecule has 1 aliphatic rings. The number of hydrogen-bond acceptors (Lipinski definition) is 10. The predicted molar refractivity (Wildman–Crippen MR) is 141 cm³/mol. The van der Waals surface area contributed by atoms with Crippen molar-refractivity contribution in [3.8, 4) is 11.5 Å². The van der Waals surface area contributed by atoms with Crippen molar-refractivity contribution in [1.82, 2.24) is 9.55 Å². The molecule has 1 aromatic heterocycles. The minimum atomic E-state index is -4.01. The Morgan fingerprint density at radius 2 is 1.79 bits per heavy atom. The number of hydrogen-bond donors (Lipinski definition) is 2. The number of carbonyl (C=O) groups excluding carboxylic acids is 1. The Balaban J connectivity index is 1.47. The zero-order chi connectivity index (χ0) is 27.3. The van der Waals surface area contributed by atoms with E-state index in [2.05, 4.69) is 4.98 Å². The first-order valence-corrected chi connectivity index (χ1v) is 14.4. The van der Waals surface area contributed by atoms with E-state index in [1.807, 2.05) is 0 Å². The number of aliphatic hydroxyl groups excluding tert-OH is 1. The largest absolute Gasteiger partial charge is 0.426 e. The fourth-order valence-electron chi connectivity index (χ4n) is 3.75. The third kappa shape index (κ3) is 6.82.